The van der Waals surface area contributed by atoms with Gasteiger partial charge < -0.3 is 15.8 Å². The average molecular weight is 291 g/mol. The highest BCUT2D eigenvalue weighted by atomic mass is 35.5. The molecule has 0 aliphatic heterocycles. The van der Waals surface area contributed by atoms with Crippen LogP contribution in [0, 0.1) is 0 Å². The van der Waals surface area contributed by atoms with Gasteiger partial charge in [0.05, 0.1) is 12.2 Å². The number of halogens is 1. The second kappa shape index (κ2) is 6.82. The van der Waals surface area contributed by atoms with E-state index in [0.717, 1.165) is 0 Å². The van der Waals surface area contributed by atoms with Crippen molar-refractivity contribution in [3.63, 3.8) is 0 Å². The highest BCUT2D eigenvalue weighted by Gasteiger charge is 2.04. The lowest BCUT2D eigenvalue weighted by Gasteiger charge is -2.09. The molecule has 2 rings (SSSR count). The van der Waals surface area contributed by atoms with Gasteiger partial charge in [0.2, 0.25) is 0 Å². The van der Waals surface area contributed by atoms with E-state index >= 15 is 0 Å². The predicted octanol–water partition coefficient (Wildman–Crippen LogP) is 2.73. The summed E-state index contributed by atoms with van der Waals surface area (Å²) in [6.07, 6.45) is 0. The number of nitrogen functional groups attached to an aromatic ring is 1. The van der Waals surface area contributed by atoms with E-state index in [-0.39, 0.29) is 5.91 Å². The summed E-state index contributed by atoms with van der Waals surface area (Å²) < 4.78 is 5.48. The number of carbonyl (C=O) groups excluding carboxylic acids is 1. The van der Waals surface area contributed by atoms with Crippen molar-refractivity contribution >= 4 is 23.2 Å². The van der Waals surface area contributed by atoms with Gasteiger partial charge in [-0.05, 0) is 36.4 Å². The standard InChI is InChI=1S/C15H15ClN2O2/c16-12-7-5-11(6-8-12)15(19)18-9-10-20-14-4-2-1-3-13(14)17/h1-8H,9-10,17H2,(H,18,19). The lowest BCUT2D eigenvalue weighted by molar-refractivity contribution is 0.0947. The Morgan fingerprint density at radius 2 is 1.85 bits per heavy atom. The van der Waals surface area contributed by atoms with Crippen LogP contribution in [0.15, 0.2) is 48.5 Å². The molecule has 0 aliphatic rings. The van der Waals surface area contributed by atoms with Gasteiger partial charge in [-0.1, -0.05) is 23.7 Å². The molecular formula is C15H15ClN2O2. The molecule has 2 aromatic rings. The van der Waals surface area contributed by atoms with Crippen LogP contribution in [0.3, 0.4) is 0 Å². The molecule has 0 saturated carbocycles. The first-order valence-corrected chi connectivity index (χ1v) is 6.55. The summed E-state index contributed by atoms with van der Waals surface area (Å²) in [7, 11) is 0. The van der Waals surface area contributed by atoms with E-state index in [9.17, 15) is 4.79 Å². The van der Waals surface area contributed by atoms with Crippen LogP contribution in [0.4, 0.5) is 5.69 Å². The molecule has 0 radical (unpaired) electrons. The van der Waals surface area contributed by atoms with Gasteiger partial charge in [-0.2, -0.15) is 0 Å². The summed E-state index contributed by atoms with van der Waals surface area (Å²) >= 11 is 5.76. The minimum absolute atomic E-state index is 0.161. The topological polar surface area (TPSA) is 64.3 Å². The van der Waals surface area contributed by atoms with Crippen molar-refractivity contribution in [3.8, 4) is 5.75 Å². The maximum atomic E-state index is 11.8. The molecule has 0 atom stereocenters. The van der Waals surface area contributed by atoms with Crippen molar-refractivity contribution in [1.82, 2.24) is 5.32 Å². The largest absolute Gasteiger partial charge is 0.490 e. The summed E-state index contributed by atoms with van der Waals surface area (Å²) in [6, 6.07) is 13.9. The summed E-state index contributed by atoms with van der Waals surface area (Å²) in [5.74, 6) is 0.458. The molecule has 0 aromatic heterocycles. The lowest BCUT2D eigenvalue weighted by atomic mass is 10.2. The first kappa shape index (κ1) is 14.2. The molecule has 0 bridgehead atoms. The van der Waals surface area contributed by atoms with E-state index in [1.807, 2.05) is 12.1 Å². The van der Waals surface area contributed by atoms with Gasteiger partial charge in [-0.3, -0.25) is 4.79 Å². The smallest absolute Gasteiger partial charge is 0.251 e. The zero-order chi connectivity index (χ0) is 14.4. The van der Waals surface area contributed by atoms with E-state index in [4.69, 9.17) is 22.1 Å². The van der Waals surface area contributed by atoms with Crippen molar-refractivity contribution in [2.45, 2.75) is 0 Å². The minimum Gasteiger partial charge on any atom is -0.490 e. The molecule has 4 nitrogen and oxygen atoms in total. The molecule has 0 saturated heterocycles. The summed E-state index contributed by atoms with van der Waals surface area (Å²) in [4.78, 5) is 11.8. The number of anilines is 1. The van der Waals surface area contributed by atoms with E-state index in [1.165, 1.54) is 0 Å². The summed E-state index contributed by atoms with van der Waals surface area (Å²) in [5, 5.41) is 3.36. The third-order valence-corrected chi connectivity index (χ3v) is 2.92. The zero-order valence-corrected chi connectivity index (χ0v) is 11.6. The molecule has 5 heteroatoms. The Hall–Kier alpha value is -2.20. The fourth-order valence-corrected chi connectivity index (χ4v) is 1.77. The highest BCUT2D eigenvalue weighted by molar-refractivity contribution is 6.30. The van der Waals surface area contributed by atoms with Crippen molar-refractivity contribution in [3.05, 3.63) is 59.1 Å². The molecule has 3 N–H and O–H groups in total. The Bertz CT molecular complexity index is 585. The van der Waals surface area contributed by atoms with Gasteiger partial charge in [-0.25, -0.2) is 0 Å². The first-order chi connectivity index (χ1) is 9.66. The molecule has 0 aliphatic carbocycles. The van der Waals surface area contributed by atoms with Crippen LogP contribution >= 0.6 is 11.6 Å². The van der Waals surface area contributed by atoms with Crippen molar-refractivity contribution < 1.29 is 9.53 Å². The van der Waals surface area contributed by atoms with Crippen LogP contribution in [0.5, 0.6) is 5.75 Å². The van der Waals surface area contributed by atoms with Gasteiger partial charge in [0.1, 0.15) is 12.4 Å². The Balaban J connectivity index is 1.77. The summed E-state index contributed by atoms with van der Waals surface area (Å²) in [5.41, 5.74) is 6.89. The highest BCUT2D eigenvalue weighted by Crippen LogP contribution is 2.19. The van der Waals surface area contributed by atoms with Gasteiger partial charge >= 0.3 is 0 Å². The maximum Gasteiger partial charge on any atom is 0.251 e. The van der Waals surface area contributed by atoms with Gasteiger partial charge in [0.25, 0.3) is 5.91 Å². The Morgan fingerprint density at radius 3 is 2.55 bits per heavy atom. The van der Waals surface area contributed by atoms with Crippen LogP contribution in [-0.2, 0) is 0 Å². The van der Waals surface area contributed by atoms with Crippen LogP contribution in [0.25, 0.3) is 0 Å². The van der Waals surface area contributed by atoms with Crippen LogP contribution in [0.1, 0.15) is 10.4 Å². The number of carbonyl (C=O) groups is 1. The number of rotatable bonds is 5. The first-order valence-electron chi connectivity index (χ1n) is 6.18. The maximum absolute atomic E-state index is 11.8. The van der Waals surface area contributed by atoms with E-state index < -0.39 is 0 Å². The fourth-order valence-electron chi connectivity index (χ4n) is 1.64. The van der Waals surface area contributed by atoms with Crippen molar-refractivity contribution in [1.29, 1.82) is 0 Å². The molecule has 104 valence electrons. The molecular weight excluding hydrogens is 276 g/mol. The molecule has 20 heavy (non-hydrogen) atoms. The van der Waals surface area contributed by atoms with E-state index in [0.29, 0.717) is 35.2 Å². The Morgan fingerprint density at radius 1 is 1.15 bits per heavy atom. The van der Waals surface area contributed by atoms with E-state index in [1.54, 1.807) is 36.4 Å². The Kier molecular flexibility index (Phi) is 4.85. The van der Waals surface area contributed by atoms with Gasteiger partial charge in [0.15, 0.2) is 0 Å². The number of nitrogens with one attached hydrogen (secondary N) is 1. The normalized spacial score (nSPS) is 10.1. The second-order valence-corrected chi connectivity index (χ2v) is 4.59. The number of hydrogen-bond acceptors (Lipinski definition) is 3. The number of hydrogen-bond donors (Lipinski definition) is 2. The number of ether oxygens (including phenoxy) is 1. The van der Waals surface area contributed by atoms with Crippen molar-refractivity contribution in [2.75, 3.05) is 18.9 Å². The average Bonchev–Trinajstić information content (AvgIpc) is 2.46. The summed E-state index contributed by atoms with van der Waals surface area (Å²) in [6.45, 7) is 0.753. The SMILES string of the molecule is Nc1ccccc1OCCNC(=O)c1ccc(Cl)cc1. The Labute approximate surface area is 122 Å². The number of para-hydroxylation sites is 2. The number of nitrogens with two attached hydrogens (primary N) is 1. The third-order valence-electron chi connectivity index (χ3n) is 2.67. The van der Waals surface area contributed by atoms with Crippen LogP contribution in [-0.4, -0.2) is 19.1 Å². The van der Waals surface area contributed by atoms with Crippen LogP contribution in [0.2, 0.25) is 5.02 Å². The van der Waals surface area contributed by atoms with Crippen molar-refractivity contribution in [2.24, 2.45) is 0 Å². The predicted molar refractivity (Wildman–Crippen MR) is 80.1 cm³/mol. The fraction of sp³-hybridized carbons (Fsp3) is 0.133. The number of amides is 1. The van der Waals surface area contributed by atoms with Gasteiger partial charge in [0, 0.05) is 10.6 Å². The van der Waals surface area contributed by atoms with E-state index in [2.05, 4.69) is 5.32 Å². The minimum atomic E-state index is -0.161. The third kappa shape index (κ3) is 3.90. The monoisotopic (exact) mass is 290 g/mol. The molecule has 1 amide bonds. The molecule has 2 aromatic carbocycles. The molecule has 0 spiro atoms. The zero-order valence-electron chi connectivity index (χ0n) is 10.8. The van der Waals surface area contributed by atoms with Crippen LogP contribution < -0.4 is 15.8 Å². The second-order valence-electron chi connectivity index (χ2n) is 4.15. The quantitative estimate of drug-likeness (QED) is 0.657. The number of benzene rings is 2. The van der Waals surface area contributed by atoms with Gasteiger partial charge in [-0.15, -0.1) is 0 Å². The molecule has 0 fully saturated rings. The lowest BCUT2D eigenvalue weighted by Crippen LogP contribution is -2.28. The molecule has 0 unspecified atom stereocenters. The molecule has 0 heterocycles.